The van der Waals surface area contributed by atoms with E-state index in [4.69, 9.17) is 10.5 Å². The second kappa shape index (κ2) is 6.17. The van der Waals surface area contributed by atoms with Crippen LogP contribution in [0.3, 0.4) is 0 Å². The van der Waals surface area contributed by atoms with Crippen LogP contribution in [-0.4, -0.2) is 13.2 Å². The molecule has 0 aromatic heterocycles. The third kappa shape index (κ3) is 3.40. The summed E-state index contributed by atoms with van der Waals surface area (Å²) in [6, 6.07) is 6.24. The number of hydrogen-bond acceptors (Lipinski definition) is 2. The van der Waals surface area contributed by atoms with Gasteiger partial charge in [0.05, 0.1) is 6.61 Å². The molecule has 1 aromatic rings. The first-order valence-electron chi connectivity index (χ1n) is 4.83. The zero-order valence-corrected chi connectivity index (χ0v) is 10.0. The molecule has 0 amide bonds. The van der Waals surface area contributed by atoms with E-state index in [1.807, 2.05) is 13.0 Å². The van der Waals surface area contributed by atoms with Crippen LogP contribution in [0.4, 0.5) is 0 Å². The molecule has 14 heavy (non-hydrogen) atoms. The fourth-order valence-electron chi connectivity index (χ4n) is 1.34. The van der Waals surface area contributed by atoms with Crippen molar-refractivity contribution < 1.29 is 4.74 Å². The fourth-order valence-corrected chi connectivity index (χ4v) is 1.74. The van der Waals surface area contributed by atoms with Crippen LogP contribution >= 0.6 is 15.9 Å². The standard InChI is InChI=1S/C11H16BrNO/c1-2-14-8-10-3-4-11(12)7-9(10)5-6-13/h3-4,7H,2,5-6,8,13H2,1H3. The van der Waals surface area contributed by atoms with Crippen molar-refractivity contribution in [3.8, 4) is 0 Å². The maximum Gasteiger partial charge on any atom is 0.0719 e. The number of rotatable bonds is 5. The van der Waals surface area contributed by atoms with E-state index in [0.29, 0.717) is 13.2 Å². The summed E-state index contributed by atoms with van der Waals surface area (Å²) in [7, 11) is 0. The number of hydrogen-bond donors (Lipinski definition) is 1. The SMILES string of the molecule is CCOCc1ccc(Br)cc1CCN. The molecule has 0 bridgehead atoms. The van der Waals surface area contributed by atoms with Crippen molar-refractivity contribution in [1.82, 2.24) is 0 Å². The largest absolute Gasteiger partial charge is 0.377 e. The van der Waals surface area contributed by atoms with E-state index in [0.717, 1.165) is 17.5 Å². The summed E-state index contributed by atoms with van der Waals surface area (Å²) in [5.41, 5.74) is 8.06. The van der Waals surface area contributed by atoms with Gasteiger partial charge in [0.25, 0.3) is 0 Å². The lowest BCUT2D eigenvalue weighted by atomic mass is 10.1. The maximum atomic E-state index is 5.55. The van der Waals surface area contributed by atoms with Crippen molar-refractivity contribution in [2.45, 2.75) is 20.0 Å². The highest BCUT2D eigenvalue weighted by molar-refractivity contribution is 9.10. The Morgan fingerprint density at radius 3 is 2.79 bits per heavy atom. The molecule has 0 fully saturated rings. The quantitative estimate of drug-likeness (QED) is 0.880. The maximum absolute atomic E-state index is 5.55. The van der Waals surface area contributed by atoms with Gasteiger partial charge in [0.1, 0.15) is 0 Å². The highest BCUT2D eigenvalue weighted by Crippen LogP contribution is 2.17. The molecule has 0 saturated carbocycles. The van der Waals surface area contributed by atoms with Crippen LogP contribution in [-0.2, 0) is 17.8 Å². The second-order valence-corrected chi connectivity index (χ2v) is 4.00. The molecule has 1 rings (SSSR count). The summed E-state index contributed by atoms with van der Waals surface area (Å²) < 4.78 is 6.49. The monoisotopic (exact) mass is 257 g/mol. The minimum absolute atomic E-state index is 0.676. The van der Waals surface area contributed by atoms with Crippen LogP contribution in [0.5, 0.6) is 0 Å². The third-order valence-electron chi connectivity index (χ3n) is 2.04. The Labute approximate surface area is 93.6 Å². The van der Waals surface area contributed by atoms with Crippen LogP contribution in [0.15, 0.2) is 22.7 Å². The predicted molar refractivity (Wildman–Crippen MR) is 62.2 cm³/mol. The summed E-state index contributed by atoms with van der Waals surface area (Å²) >= 11 is 3.45. The first-order valence-corrected chi connectivity index (χ1v) is 5.62. The molecular formula is C11H16BrNO. The molecule has 3 heteroatoms. The lowest BCUT2D eigenvalue weighted by molar-refractivity contribution is 0.133. The molecule has 2 nitrogen and oxygen atoms in total. The average Bonchev–Trinajstić information content (AvgIpc) is 2.17. The lowest BCUT2D eigenvalue weighted by Gasteiger charge is -2.09. The Balaban J connectivity index is 2.78. The Hall–Kier alpha value is -0.380. The van der Waals surface area contributed by atoms with Crippen molar-refractivity contribution >= 4 is 15.9 Å². The van der Waals surface area contributed by atoms with E-state index in [1.165, 1.54) is 11.1 Å². The van der Waals surface area contributed by atoms with Gasteiger partial charge >= 0.3 is 0 Å². The summed E-state index contributed by atoms with van der Waals surface area (Å²) in [6.45, 7) is 4.11. The van der Waals surface area contributed by atoms with Gasteiger partial charge in [-0.2, -0.15) is 0 Å². The van der Waals surface area contributed by atoms with E-state index < -0.39 is 0 Å². The van der Waals surface area contributed by atoms with Crippen LogP contribution < -0.4 is 5.73 Å². The van der Waals surface area contributed by atoms with E-state index in [-0.39, 0.29) is 0 Å². The fraction of sp³-hybridized carbons (Fsp3) is 0.455. The van der Waals surface area contributed by atoms with E-state index >= 15 is 0 Å². The average molecular weight is 258 g/mol. The summed E-state index contributed by atoms with van der Waals surface area (Å²) in [5.74, 6) is 0. The summed E-state index contributed by atoms with van der Waals surface area (Å²) in [4.78, 5) is 0. The molecule has 0 aliphatic carbocycles. The van der Waals surface area contributed by atoms with Gasteiger partial charge in [0, 0.05) is 11.1 Å². The van der Waals surface area contributed by atoms with Crippen molar-refractivity contribution in [3.63, 3.8) is 0 Å². The normalized spacial score (nSPS) is 10.5. The molecular weight excluding hydrogens is 242 g/mol. The molecule has 0 heterocycles. The van der Waals surface area contributed by atoms with E-state index in [9.17, 15) is 0 Å². The summed E-state index contributed by atoms with van der Waals surface area (Å²) in [6.07, 6.45) is 0.905. The number of halogens is 1. The molecule has 0 saturated heterocycles. The Bertz CT molecular complexity index is 289. The van der Waals surface area contributed by atoms with Gasteiger partial charge in [-0.15, -0.1) is 0 Å². The highest BCUT2D eigenvalue weighted by Gasteiger charge is 2.02. The molecule has 0 radical (unpaired) electrons. The van der Waals surface area contributed by atoms with Gasteiger partial charge in [-0.1, -0.05) is 22.0 Å². The van der Waals surface area contributed by atoms with Crippen molar-refractivity contribution in [1.29, 1.82) is 0 Å². The molecule has 0 atom stereocenters. The molecule has 78 valence electrons. The smallest absolute Gasteiger partial charge is 0.0719 e. The number of nitrogens with two attached hydrogens (primary N) is 1. The number of ether oxygens (including phenoxy) is 1. The topological polar surface area (TPSA) is 35.2 Å². The first kappa shape index (κ1) is 11.7. The predicted octanol–water partition coefficient (Wildman–Crippen LogP) is 2.49. The minimum Gasteiger partial charge on any atom is -0.377 e. The van der Waals surface area contributed by atoms with Crippen LogP contribution in [0.2, 0.25) is 0 Å². The van der Waals surface area contributed by atoms with E-state index in [1.54, 1.807) is 0 Å². The highest BCUT2D eigenvalue weighted by atomic mass is 79.9. The Morgan fingerprint density at radius 2 is 2.14 bits per heavy atom. The van der Waals surface area contributed by atoms with Gasteiger partial charge in [-0.3, -0.25) is 0 Å². The Morgan fingerprint density at radius 1 is 1.36 bits per heavy atom. The number of benzene rings is 1. The van der Waals surface area contributed by atoms with Crippen molar-refractivity contribution in [2.75, 3.05) is 13.2 Å². The Kier molecular flexibility index (Phi) is 5.15. The summed E-state index contributed by atoms with van der Waals surface area (Å²) in [5, 5.41) is 0. The van der Waals surface area contributed by atoms with Crippen LogP contribution in [0.1, 0.15) is 18.1 Å². The van der Waals surface area contributed by atoms with Gasteiger partial charge in [-0.05, 0) is 43.1 Å². The minimum atomic E-state index is 0.676. The molecule has 0 spiro atoms. The van der Waals surface area contributed by atoms with Gasteiger partial charge in [0.15, 0.2) is 0 Å². The lowest BCUT2D eigenvalue weighted by Crippen LogP contribution is -2.06. The van der Waals surface area contributed by atoms with Crippen LogP contribution in [0.25, 0.3) is 0 Å². The molecule has 1 aromatic carbocycles. The molecule has 0 aliphatic heterocycles. The third-order valence-corrected chi connectivity index (χ3v) is 2.54. The molecule has 2 N–H and O–H groups in total. The van der Waals surface area contributed by atoms with Crippen molar-refractivity contribution in [3.05, 3.63) is 33.8 Å². The zero-order chi connectivity index (χ0) is 10.4. The first-order chi connectivity index (χ1) is 6.77. The zero-order valence-electron chi connectivity index (χ0n) is 8.42. The molecule has 0 unspecified atom stereocenters. The van der Waals surface area contributed by atoms with Gasteiger partial charge in [0.2, 0.25) is 0 Å². The van der Waals surface area contributed by atoms with Crippen molar-refractivity contribution in [2.24, 2.45) is 5.73 Å². The van der Waals surface area contributed by atoms with E-state index in [2.05, 4.69) is 28.1 Å². The van der Waals surface area contributed by atoms with Gasteiger partial charge < -0.3 is 10.5 Å². The second-order valence-electron chi connectivity index (χ2n) is 3.09. The van der Waals surface area contributed by atoms with Crippen LogP contribution in [0, 0.1) is 0 Å². The molecule has 0 aliphatic rings. The van der Waals surface area contributed by atoms with Gasteiger partial charge in [-0.25, -0.2) is 0 Å².